The summed E-state index contributed by atoms with van der Waals surface area (Å²) >= 11 is 5.81. The molecule has 1 saturated heterocycles. The first-order valence-corrected chi connectivity index (χ1v) is 9.68. The second-order valence-electron chi connectivity index (χ2n) is 5.87. The van der Waals surface area contributed by atoms with Crippen LogP contribution in [0.4, 0.5) is 5.95 Å². The molecule has 130 valence electrons. The van der Waals surface area contributed by atoms with E-state index in [-0.39, 0.29) is 16.9 Å². The SMILES string of the molecule is O=S1(=O)N=C(OC2CCN(c3ncc(Cl)cn3)CC2)c2ccccc21. The molecule has 2 aliphatic heterocycles. The van der Waals surface area contributed by atoms with E-state index < -0.39 is 10.0 Å². The number of halogens is 1. The van der Waals surface area contributed by atoms with Gasteiger partial charge < -0.3 is 9.64 Å². The Morgan fingerprint density at radius 3 is 2.52 bits per heavy atom. The van der Waals surface area contributed by atoms with Gasteiger partial charge >= 0.3 is 0 Å². The highest BCUT2D eigenvalue weighted by Gasteiger charge is 2.32. The Bertz CT molecular complexity index is 923. The second kappa shape index (κ2) is 6.27. The van der Waals surface area contributed by atoms with E-state index in [1.807, 2.05) is 0 Å². The number of nitrogens with zero attached hydrogens (tertiary/aromatic N) is 4. The largest absolute Gasteiger partial charge is 0.473 e. The van der Waals surface area contributed by atoms with Crippen LogP contribution in [0.3, 0.4) is 0 Å². The molecule has 0 bridgehead atoms. The lowest BCUT2D eigenvalue weighted by Gasteiger charge is -2.31. The molecule has 0 unspecified atom stereocenters. The molecular weight excluding hydrogens is 364 g/mol. The molecular formula is C16H15ClN4O3S. The summed E-state index contributed by atoms with van der Waals surface area (Å²) in [5.74, 6) is 0.825. The van der Waals surface area contributed by atoms with Gasteiger partial charge in [-0.05, 0) is 12.1 Å². The molecule has 1 fully saturated rings. The summed E-state index contributed by atoms with van der Waals surface area (Å²) in [4.78, 5) is 10.7. The van der Waals surface area contributed by atoms with Crippen LogP contribution >= 0.6 is 11.6 Å². The average Bonchev–Trinajstić information content (AvgIpc) is 2.87. The van der Waals surface area contributed by atoms with Gasteiger partial charge in [0.2, 0.25) is 11.8 Å². The Hall–Kier alpha value is -2.19. The van der Waals surface area contributed by atoms with Crippen molar-refractivity contribution in [2.45, 2.75) is 23.8 Å². The van der Waals surface area contributed by atoms with Crippen LogP contribution in [0.5, 0.6) is 0 Å². The van der Waals surface area contributed by atoms with Crippen LogP contribution in [-0.2, 0) is 14.8 Å². The van der Waals surface area contributed by atoms with Crippen molar-refractivity contribution >= 4 is 33.5 Å². The van der Waals surface area contributed by atoms with Gasteiger partial charge in [0.25, 0.3) is 10.0 Å². The number of ether oxygens (including phenoxy) is 1. The summed E-state index contributed by atoms with van der Waals surface area (Å²) in [5, 5.41) is 0.501. The van der Waals surface area contributed by atoms with E-state index in [2.05, 4.69) is 19.3 Å². The highest BCUT2D eigenvalue weighted by molar-refractivity contribution is 7.90. The molecule has 4 rings (SSSR count). The second-order valence-corrected chi connectivity index (χ2v) is 7.88. The van der Waals surface area contributed by atoms with Crippen LogP contribution in [0, 0.1) is 0 Å². The fourth-order valence-electron chi connectivity index (χ4n) is 2.96. The van der Waals surface area contributed by atoms with E-state index in [0.29, 0.717) is 29.6 Å². The summed E-state index contributed by atoms with van der Waals surface area (Å²) in [6.45, 7) is 1.43. The Morgan fingerprint density at radius 2 is 1.80 bits per heavy atom. The van der Waals surface area contributed by atoms with Crippen molar-refractivity contribution in [1.29, 1.82) is 0 Å². The molecule has 0 N–H and O–H groups in total. The predicted octanol–water partition coefficient (Wildman–Crippen LogP) is 2.26. The lowest BCUT2D eigenvalue weighted by Crippen LogP contribution is -2.38. The molecule has 0 spiro atoms. The fourth-order valence-corrected chi connectivity index (χ4v) is 4.20. The number of aromatic nitrogens is 2. The number of rotatable bonds is 2. The summed E-state index contributed by atoms with van der Waals surface area (Å²) in [6, 6.07) is 6.72. The summed E-state index contributed by atoms with van der Waals surface area (Å²) in [7, 11) is -3.64. The van der Waals surface area contributed by atoms with Gasteiger partial charge in [-0.1, -0.05) is 23.7 Å². The zero-order chi connectivity index (χ0) is 17.4. The molecule has 0 amide bonds. The van der Waals surface area contributed by atoms with E-state index in [1.54, 1.807) is 36.7 Å². The molecule has 0 radical (unpaired) electrons. The number of anilines is 1. The Labute approximate surface area is 150 Å². The lowest BCUT2D eigenvalue weighted by atomic mass is 10.1. The highest BCUT2D eigenvalue weighted by atomic mass is 35.5. The standard InChI is InChI=1S/C16H15ClN4O3S/c17-11-9-18-16(19-10-11)21-7-5-12(6-8-21)24-15-13-3-1-2-4-14(13)25(22,23)20-15/h1-4,9-10,12H,5-8H2. The summed E-state index contributed by atoms with van der Waals surface area (Å²) in [6.07, 6.45) is 4.51. The number of hydrogen-bond acceptors (Lipinski definition) is 6. The lowest BCUT2D eigenvalue weighted by molar-refractivity contribution is 0.159. The molecule has 0 aliphatic carbocycles. The first-order valence-electron chi connectivity index (χ1n) is 7.86. The molecule has 1 aromatic heterocycles. The van der Waals surface area contributed by atoms with Crippen molar-refractivity contribution in [3.63, 3.8) is 0 Å². The maximum atomic E-state index is 12.1. The zero-order valence-corrected chi connectivity index (χ0v) is 14.7. The van der Waals surface area contributed by atoms with Crippen LogP contribution in [-0.4, -0.2) is 43.5 Å². The van der Waals surface area contributed by atoms with Gasteiger partial charge in [-0.15, -0.1) is 4.40 Å². The number of fused-ring (bicyclic) bond motifs is 1. The van der Waals surface area contributed by atoms with Crippen LogP contribution in [0.15, 0.2) is 46.0 Å². The van der Waals surface area contributed by atoms with Crippen molar-refractivity contribution in [1.82, 2.24) is 9.97 Å². The van der Waals surface area contributed by atoms with Gasteiger partial charge in [-0.25, -0.2) is 9.97 Å². The minimum Gasteiger partial charge on any atom is -0.473 e. The van der Waals surface area contributed by atoms with Crippen LogP contribution in [0.2, 0.25) is 5.02 Å². The molecule has 2 aromatic rings. The maximum absolute atomic E-state index is 12.1. The molecule has 7 nitrogen and oxygen atoms in total. The highest BCUT2D eigenvalue weighted by Crippen LogP contribution is 2.28. The molecule has 0 saturated carbocycles. The third kappa shape index (κ3) is 3.19. The minimum absolute atomic E-state index is 0.0938. The molecule has 0 atom stereocenters. The van der Waals surface area contributed by atoms with Gasteiger partial charge in [0.1, 0.15) is 11.0 Å². The van der Waals surface area contributed by atoms with Crippen molar-refractivity contribution in [2.75, 3.05) is 18.0 Å². The van der Waals surface area contributed by atoms with Crippen molar-refractivity contribution in [3.8, 4) is 0 Å². The quantitative estimate of drug-likeness (QED) is 0.796. The van der Waals surface area contributed by atoms with Crippen LogP contribution < -0.4 is 4.90 Å². The molecule has 25 heavy (non-hydrogen) atoms. The van der Waals surface area contributed by atoms with Crippen molar-refractivity contribution in [3.05, 3.63) is 47.2 Å². The number of piperidine rings is 1. The molecule has 1 aromatic carbocycles. The molecule has 3 heterocycles. The molecule has 9 heteroatoms. The van der Waals surface area contributed by atoms with E-state index in [1.165, 1.54) is 0 Å². The minimum atomic E-state index is -3.64. The maximum Gasteiger partial charge on any atom is 0.286 e. The van der Waals surface area contributed by atoms with E-state index >= 15 is 0 Å². The zero-order valence-electron chi connectivity index (χ0n) is 13.2. The van der Waals surface area contributed by atoms with E-state index in [0.717, 1.165) is 12.8 Å². The average molecular weight is 379 g/mol. The summed E-state index contributed by atoms with van der Waals surface area (Å²) in [5.41, 5.74) is 0.533. The smallest absolute Gasteiger partial charge is 0.286 e. The topological polar surface area (TPSA) is 84.8 Å². The normalized spacial score (nSPS) is 19.4. The number of hydrogen-bond donors (Lipinski definition) is 0. The monoisotopic (exact) mass is 378 g/mol. The third-order valence-corrected chi connectivity index (χ3v) is 5.72. The van der Waals surface area contributed by atoms with E-state index in [4.69, 9.17) is 16.3 Å². The Kier molecular flexibility index (Phi) is 4.09. The van der Waals surface area contributed by atoms with Crippen molar-refractivity contribution in [2.24, 2.45) is 4.40 Å². The summed E-state index contributed by atoms with van der Waals surface area (Å²) < 4.78 is 33.8. The van der Waals surface area contributed by atoms with E-state index in [9.17, 15) is 8.42 Å². The van der Waals surface area contributed by atoms with Crippen LogP contribution in [0.1, 0.15) is 18.4 Å². The first-order chi connectivity index (χ1) is 12.0. The Morgan fingerprint density at radius 1 is 1.12 bits per heavy atom. The van der Waals surface area contributed by atoms with Gasteiger partial charge in [-0.2, -0.15) is 8.42 Å². The first kappa shape index (κ1) is 16.3. The van der Waals surface area contributed by atoms with Crippen molar-refractivity contribution < 1.29 is 13.2 Å². The third-order valence-electron chi connectivity index (χ3n) is 4.21. The van der Waals surface area contributed by atoms with Crippen LogP contribution in [0.25, 0.3) is 0 Å². The molecule has 2 aliphatic rings. The Balaban J connectivity index is 1.44. The number of benzene rings is 1. The van der Waals surface area contributed by atoms with Gasteiger partial charge in [0.05, 0.1) is 23.0 Å². The predicted molar refractivity (Wildman–Crippen MR) is 93.5 cm³/mol. The fraction of sp³-hybridized carbons (Fsp3) is 0.312. The van der Waals surface area contributed by atoms with Gasteiger partial charge in [-0.3, -0.25) is 0 Å². The number of sulfonamides is 1. The van der Waals surface area contributed by atoms with Gasteiger partial charge in [0, 0.05) is 25.9 Å². The van der Waals surface area contributed by atoms with Gasteiger partial charge in [0.15, 0.2) is 0 Å².